The number of rotatable bonds is 3. The van der Waals surface area contributed by atoms with Gasteiger partial charge in [-0.1, -0.05) is 19.4 Å². The molecule has 0 saturated heterocycles. The van der Waals surface area contributed by atoms with Gasteiger partial charge in [-0.3, -0.25) is 14.4 Å². The zero-order chi connectivity index (χ0) is 21.2. The van der Waals surface area contributed by atoms with Crippen LogP contribution in [0.2, 0.25) is 0 Å². The molecule has 5 nitrogen and oxygen atoms in total. The second-order valence-corrected chi connectivity index (χ2v) is 10.1. The van der Waals surface area contributed by atoms with Crippen LogP contribution in [0, 0.1) is 22.7 Å². The van der Waals surface area contributed by atoms with E-state index in [1.807, 2.05) is 13.8 Å². The van der Waals surface area contributed by atoms with Crippen molar-refractivity contribution in [3.63, 3.8) is 0 Å². The minimum atomic E-state index is -1.59. The third-order valence-electron chi connectivity index (χ3n) is 9.09. The number of Topliss-reactive ketones (excluding diaryl/α,β-unsaturated/α-hetero) is 1. The number of esters is 1. The molecule has 0 aliphatic heterocycles. The Hall–Kier alpha value is -1.56. The van der Waals surface area contributed by atoms with Gasteiger partial charge in [0.1, 0.15) is 11.3 Å². The molecule has 0 amide bonds. The molecule has 1 N–H and O–H groups in total. The molecule has 0 spiro atoms. The summed E-state index contributed by atoms with van der Waals surface area (Å²) in [5.74, 6) is -1.29. The molecule has 3 fully saturated rings. The lowest BCUT2D eigenvalue weighted by molar-refractivity contribution is -0.186. The SMILES string of the molecule is CC(=O)OCC(=O)C1(O)CCC2C3CCC4=CC(=O)CCC4(C)C3(F)CCC21C. The van der Waals surface area contributed by atoms with Crippen molar-refractivity contribution in [2.45, 2.75) is 83.4 Å². The van der Waals surface area contributed by atoms with Gasteiger partial charge in [-0.15, -0.1) is 0 Å². The quantitative estimate of drug-likeness (QED) is 0.726. The molecule has 29 heavy (non-hydrogen) atoms. The van der Waals surface area contributed by atoms with Crippen molar-refractivity contribution in [2.75, 3.05) is 6.61 Å². The van der Waals surface area contributed by atoms with Crippen molar-refractivity contribution in [1.29, 1.82) is 0 Å². The summed E-state index contributed by atoms with van der Waals surface area (Å²) >= 11 is 0. The molecule has 0 aromatic rings. The molecule has 6 unspecified atom stereocenters. The van der Waals surface area contributed by atoms with Crippen LogP contribution in [0.3, 0.4) is 0 Å². The lowest BCUT2D eigenvalue weighted by atomic mass is 9.44. The van der Waals surface area contributed by atoms with Gasteiger partial charge >= 0.3 is 5.97 Å². The van der Waals surface area contributed by atoms with Crippen LogP contribution in [-0.2, 0) is 19.1 Å². The predicted molar refractivity (Wildman–Crippen MR) is 104 cm³/mol. The summed E-state index contributed by atoms with van der Waals surface area (Å²) in [5.41, 5.74) is -3.45. The Morgan fingerprint density at radius 2 is 1.86 bits per heavy atom. The van der Waals surface area contributed by atoms with E-state index in [-0.39, 0.29) is 30.5 Å². The Kier molecular flexibility index (Phi) is 4.62. The minimum Gasteiger partial charge on any atom is -0.458 e. The molecule has 0 bridgehead atoms. The number of fused-ring (bicyclic) bond motifs is 5. The summed E-state index contributed by atoms with van der Waals surface area (Å²) in [6, 6.07) is 0. The monoisotopic (exact) mass is 406 g/mol. The molecular weight excluding hydrogens is 375 g/mol. The summed E-state index contributed by atoms with van der Waals surface area (Å²) < 4.78 is 21.7. The summed E-state index contributed by atoms with van der Waals surface area (Å²) in [7, 11) is 0. The fourth-order valence-corrected chi connectivity index (χ4v) is 7.21. The van der Waals surface area contributed by atoms with Gasteiger partial charge in [-0.05, 0) is 62.9 Å². The average molecular weight is 406 g/mol. The van der Waals surface area contributed by atoms with Gasteiger partial charge < -0.3 is 9.84 Å². The number of ketones is 2. The Bertz CT molecular complexity index is 805. The Morgan fingerprint density at radius 1 is 1.14 bits per heavy atom. The van der Waals surface area contributed by atoms with Gasteiger partial charge in [-0.2, -0.15) is 0 Å². The minimum absolute atomic E-state index is 0.0893. The standard InChI is InChI=1S/C23H31FO5/c1-14(25)29-13-19(27)23(28)9-7-17-18-5-4-15-12-16(26)6-8-20(15,2)22(18,24)11-10-21(17,23)3/h12,17-18,28H,4-11,13H2,1-3H3. The van der Waals surface area contributed by atoms with Gasteiger partial charge in [0.15, 0.2) is 12.4 Å². The van der Waals surface area contributed by atoms with Crippen molar-refractivity contribution in [3.8, 4) is 0 Å². The largest absolute Gasteiger partial charge is 0.458 e. The molecule has 160 valence electrons. The average Bonchev–Trinajstić information content (AvgIpc) is 2.94. The number of hydrogen-bond donors (Lipinski definition) is 1. The lowest BCUT2D eigenvalue weighted by Gasteiger charge is -2.61. The van der Waals surface area contributed by atoms with Gasteiger partial charge in [-0.25, -0.2) is 4.39 Å². The van der Waals surface area contributed by atoms with E-state index in [9.17, 15) is 19.5 Å². The van der Waals surface area contributed by atoms with Gasteiger partial charge in [0, 0.05) is 24.2 Å². The molecule has 0 aromatic heterocycles. The zero-order valence-corrected chi connectivity index (χ0v) is 17.6. The van der Waals surface area contributed by atoms with E-state index in [2.05, 4.69) is 0 Å². The Labute approximate surface area is 171 Å². The van der Waals surface area contributed by atoms with E-state index in [0.29, 0.717) is 38.5 Å². The lowest BCUT2D eigenvalue weighted by Crippen LogP contribution is -2.64. The second kappa shape index (κ2) is 6.47. The molecule has 0 radical (unpaired) electrons. The van der Waals surface area contributed by atoms with Gasteiger partial charge in [0.25, 0.3) is 0 Å². The van der Waals surface area contributed by atoms with Crippen LogP contribution in [0.1, 0.15) is 72.1 Å². The first-order valence-electron chi connectivity index (χ1n) is 10.8. The third kappa shape index (κ3) is 2.63. The Balaban J connectivity index is 1.66. The summed E-state index contributed by atoms with van der Waals surface area (Å²) in [6.07, 6.45) is 5.46. The van der Waals surface area contributed by atoms with E-state index in [4.69, 9.17) is 4.74 Å². The molecular formula is C23H31FO5. The first-order valence-corrected chi connectivity index (χ1v) is 10.8. The normalized spacial score (nSPS) is 46.2. The van der Waals surface area contributed by atoms with Crippen LogP contribution >= 0.6 is 0 Å². The zero-order valence-electron chi connectivity index (χ0n) is 17.6. The van der Waals surface area contributed by atoms with Crippen LogP contribution in [0.25, 0.3) is 0 Å². The topological polar surface area (TPSA) is 80.7 Å². The third-order valence-corrected chi connectivity index (χ3v) is 9.09. The molecule has 0 aromatic carbocycles. The number of allylic oxidation sites excluding steroid dienone is 1. The number of halogens is 1. The highest BCUT2D eigenvalue weighted by Gasteiger charge is 2.71. The van der Waals surface area contributed by atoms with Crippen molar-refractivity contribution >= 4 is 17.5 Å². The van der Waals surface area contributed by atoms with Crippen molar-refractivity contribution in [1.82, 2.24) is 0 Å². The number of carbonyl (C=O) groups is 3. The maximum absolute atomic E-state index is 16.8. The van der Waals surface area contributed by atoms with Gasteiger partial charge in [0.2, 0.25) is 5.78 Å². The maximum atomic E-state index is 16.8. The Morgan fingerprint density at radius 3 is 2.55 bits per heavy atom. The van der Waals surface area contributed by atoms with Crippen molar-refractivity contribution in [3.05, 3.63) is 11.6 Å². The molecule has 3 saturated carbocycles. The molecule has 4 rings (SSSR count). The molecule has 6 atom stereocenters. The van der Waals surface area contributed by atoms with Crippen molar-refractivity contribution in [2.24, 2.45) is 22.7 Å². The van der Waals surface area contributed by atoms with Crippen LogP contribution in [0.15, 0.2) is 11.6 Å². The predicted octanol–water partition coefficient (Wildman–Crippen LogP) is 3.47. The second-order valence-electron chi connectivity index (χ2n) is 10.1. The van der Waals surface area contributed by atoms with E-state index in [0.717, 1.165) is 5.57 Å². The van der Waals surface area contributed by atoms with Crippen LogP contribution in [0.5, 0.6) is 0 Å². The molecule has 6 heteroatoms. The fraction of sp³-hybridized carbons (Fsp3) is 0.783. The number of hydrogen-bond acceptors (Lipinski definition) is 5. The number of carbonyl (C=O) groups excluding carboxylic acids is 3. The first-order chi connectivity index (χ1) is 13.5. The van der Waals surface area contributed by atoms with E-state index >= 15 is 4.39 Å². The number of aliphatic hydroxyl groups is 1. The summed E-state index contributed by atoms with van der Waals surface area (Å²) in [4.78, 5) is 35.9. The van der Waals surface area contributed by atoms with Crippen LogP contribution in [0.4, 0.5) is 4.39 Å². The van der Waals surface area contributed by atoms with Gasteiger partial charge in [0.05, 0.1) is 0 Å². The summed E-state index contributed by atoms with van der Waals surface area (Å²) in [5, 5.41) is 11.4. The van der Waals surface area contributed by atoms with E-state index in [1.165, 1.54) is 6.92 Å². The highest BCUT2D eigenvalue weighted by Crippen LogP contribution is 2.70. The smallest absolute Gasteiger partial charge is 0.303 e. The fourth-order valence-electron chi connectivity index (χ4n) is 7.21. The molecule has 4 aliphatic carbocycles. The number of ether oxygens (including phenoxy) is 1. The van der Waals surface area contributed by atoms with Crippen molar-refractivity contribution < 1.29 is 28.6 Å². The highest BCUT2D eigenvalue weighted by molar-refractivity contribution is 5.92. The van der Waals surface area contributed by atoms with Crippen LogP contribution in [-0.4, -0.2) is 40.5 Å². The number of alkyl halides is 1. The van der Waals surface area contributed by atoms with E-state index < -0.39 is 40.5 Å². The first kappa shape index (κ1) is 20.7. The highest BCUT2D eigenvalue weighted by atomic mass is 19.1. The molecule has 0 heterocycles. The summed E-state index contributed by atoms with van der Waals surface area (Å²) in [6.45, 7) is 4.67. The van der Waals surface area contributed by atoms with Crippen LogP contribution < -0.4 is 0 Å². The molecule has 4 aliphatic rings. The van der Waals surface area contributed by atoms with E-state index in [1.54, 1.807) is 6.08 Å². The maximum Gasteiger partial charge on any atom is 0.303 e.